The molecule has 2 aliphatic heterocycles. The van der Waals surface area contributed by atoms with Crippen LogP contribution in [0.4, 0.5) is 0 Å². The third-order valence-electron chi connectivity index (χ3n) is 7.84. The summed E-state index contributed by atoms with van der Waals surface area (Å²) in [6, 6.07) is 11.1. The summed E-state index contributed by atoms with van der Waals surface area (Å²) in [6.45, 7) is 3.86. The third kappa shape index (κ3) is 4.01. The molecule has 2 N–H and O–H groups in total. The van der Waals surface area contributed by atoms with Gasteiger partial charge in [-0.15, -0.1) is 0 Å². The molecule has 2 aromatic carbocycles. The molecular formula is C26H31N3O5S. The van der Waals surface area contributed by atoms with Crippen molar-refractivity contribution in [3.05, 3.63) is 64.8 Å². The number of likely N-dealkylation sites (tertiary alicyclic amines) is 1. The first kappa shape index (κ1) is 23.8. The number of carboxylic acids is 1. The molecule has 186 valence electrons. The van der Waals surface area contributed by atoms with Gasteiger partial charge in [0.1, 0.15) is 5.75 Å². The first-order valence-corrected chi connectivity index (χ1v) is 13.7. The van der Waals surface area contributed by atoms with E-state index in [0.29, 0.717) is 25.9 Å². The molecular weight excluding hydrogens is 466 g/mol. The van der Waals surface area contributed by atoms with Gasteiger partial charge in [0.25, 0.3) is 0 Å². The summed E-state index contributed by atoms with van der Waals surface area (Å²) < 4.78 is 32.4. The van der Waals surface area contributed by atoms with Gasteiger partial charge in [-0.3, -0.25) is 4.90 Å². The number of sulfonamides is 1. The van der Waals surface area contributed by atoms with Gasteiger partial charge >= 0.3 is 5.97 Å². The van der Waals surface area contributed by atoms with E-state index >= 15 is 0 Å². The van der Waals surface area contributed by atoms with E-state index in [1.165, 1.54) is 6.26 Å². The Kier molecular flexibility index (Phi) is 5.89. The lowest BCUT2D eigenvalue weighted by Crippen LogP contribution is -2.62. The number of aromatic amines is 1. The minimum absolute atomic E-state index is 0.0821. The van der Waals surface area contributed by atoms with Crippen LogP contribution in [0.5, 0.6) is 5.75 Å². The smallest absolute Gasteiger partial charge is 0.335 e. The van der Waals surface area contributed by atoms with E-state index in [4.69, 9.17) is 4.74 Å². The number of hydrogen-bond donors (Lipinski definition) is 2. The molecule has 2 fully saturated rings. The standard InChI is InChI=1S/C26H31N3O5S/c1-17-14-23(34-2)22(21-8-11-27-24(17)21)16-28-12-9-20-15-26(28,10-13-29(20)35(3,32)33)19-6-4-18(5-7-19)25(30)31/h4-8,11,14,20,27H,9-10,12-13,15-16H2,1-3H3,(H,30,31). The van der Waals surface area contributed by atoms with E-state index in [0.717, 1.165) is 46.3 Å². The van der Waals surface area contributed by atoms with Crippen LogP contribution in [0.15, 0.2) is 42.6 Å². The number of ether oxygens (including phenoxy) is 1. The normalized spacial score (nSPS) is 23.5. The van der Waals surface area contributed by atoms with Crippen LogP contribution in [0.2, 0.25) is 0 Å². The summed E-state index contributed by atoms with van der Waals surface area (Å²) in [5.41, 5.74) is 4.16. The minimum atomic E-state index is -3.30. The molecule has 0 aliphatic carbocycles. The fourth-order valence-electron chi connectivity index (χ4n) is 6.13. The molecule has 9 heteroatoms. The Morgan fingerprint density at radius 3 is 2.63 bits per heavy atom. The highest BCUT2D eigenvalue weighted by atomic mass is 32.2. The summed E-state index contributed by atoms with van der Waals surface area (Å²) in [6.07, 6.45) is 5.27. The molecule has 0 amide bonds. The molecule has 2 unspecified atom stereocenters. The molecule has 8 nitrogen and oxygen atoms in total. The van der Waals surface area contributed by atoms with Crippen LogP contribution < -0.4 is 4.74 Å². The summed E-state index contributed by atoms with van der Waals surface area (Å²) in [4.78, 5) is 17.2. The van der Waals surface area contributed by atoms with E-state index in [1.54, 1.807) is 23.5 Å². The number of aromatic carboxylic acids is 1. The number of hydrogen-bond acceptors (Lipinski definition) is 5. The SMILES string of the molecule is COc1cc(C)c2[nH]ccc2c1CN1CCC2CC1(c1ccc(C(=O)O)cc1)CCN2S(C)(=O)=O. The number of aromatic nitrogens is 1. The first-order valence-electron chi connectivity index (χ1n) is 11.8. The zero-order valence-electron chi connectivity index (χ0n) is 20.2. The number of aryl methyl sites for hydroxylation is 1. The van der Waals surface area contributed by atoms with E-state index < -0.39 is 21.5 Å². The Morgan fingerprint density at radius 1 is 1.23 bits per heavy atom. The molecule has 2 bridgehead atoms. The second-order valence-electron chi connectivity index (χ2n) is 9.75. The number of rotatable bonds is 6. The first-order chi connectivity index (χ1) is 16.6. The van der Waals surface area contributed by atoms with Crippen molar-refractivity contribution in [3.63, 3.8) is 0 Å². The van der Waals surface area contributed by atoms with Crippen LogP contribution in [0, 0.1) is 6.92 Å². The predicted octanol–water partition coefficient (Wildman–Crippen LogP) is 3.71. The quantitative estimate of drug-likeness (QED) is 0.538. The van der Waals surface area contributed by atoms with Crippen LogP contribution in [0.3, 0.4) is 0 Å². The van der Waals surface area contributed by atoms with Crippen molar-refractivity contribution in [1.29, 1.82) is 0 Å². The van der Waals surface area contributed by atoms with Crippen molar-refractivity contribution in [1.82, 2.24) is 14.2 Å². The van der Waals surface area contributed by atoms with Gasteiger partial charge in [0, 0.05) is 53.9 Å². The van der Waals surface area contributed by atoms with Gasteiger partial charge in [-0.2, -0.15) is 4.31 Å². The fraction of sp³-hybridized carbons (Fsp3) is 0.423. The maximum absolute atomic E-state index is 12.5. The van der Waals surface area contributed by atoms with Gasteiger partial charge in [-0.1, -0.05) is 12.1 Å². The van der Waals surface area contributed by atoms with Crippen molar-refractivity contribution in [2.75, 3.05) is 26.5 Å². The maximum Gasteiger partial charge on any atom is 0.335 e. The fourth-order valence-corrected chi connectivity index (χ4v) is 7.27. The molecule has 2 saturated heterocycles. The summed E-state index contributed by atoms with van der Waals surface area (Å²) >= 11 is 0. The average molecular weight is 498 g/mol. The molecule has 2 atom stereocenters. The Hall–Kier alpha value is -2.88. The van der Waals surface area contributed by atoms with Crippen molar-refractivity contribution in [3.8, 4) is 5.75 Å². The van der Waals surface area contributed by atoms with Gasteiger partial charge in [-0.05, 0) is 61.6 Å². The van der Waals surface area contributed by atoms with E-state index in [9.17, 15) is 18.3 Å². The van der Waals surface area contributed by atoms with E-state index in [1.807, 2.05) is 18.3 Å². The Bertz CT molecular complexity index is 1380. The lowest BCUT2D eigenvalue weighted by Gasteiger charge is -2.56. The van der Waals surface area contributed by atoms with Crippen LogP contribution in [0.25, 0.3) is 10.9 Å². The third-order valence-corrected chi connectivity index (χ3v) is 9.17. The Labute approximate surface area is 205 Å². The average Bonchev–Trinajstić information content (AvgIpc) is 3.32. The predicted molar refractivity (Wildman–Crippen MR) is 134 cm³/mol. The number of methoxy groups -OCH3 is 1. The number of nitrogens with zero attached hydrogens (tertiary/aromatic N) is 2. The van der Waals surface area contributed by atoms with E-state index in [2.05, 4.69) is 28.9 Å². The molecule has 3 heterocycles. The highest BCUT2D eigenvalue weighted by molar-refractivity contribution is 7.88. The molecule has 2 aliphatic rings. The highest BCUT2D eigenvalue weighted by Gasteiger charge is 2.50. The van der Waals surface area contributed by atoms with Crippen LogP contribution in [-0.2, 0) is 22.1 Å². The van der Waals surface area contributed by atoms with Crippen molar-refractivity contribution in [2.45, 2.75) is 44.3 Å². The summed E-state index contributed by atoms with van der Waals surface area (Å²) in [5.74, 6) is -0.125. The number of H-pyrrole nitrogens is 1. The van der Waals surface area contributed by atoms with Gasteiger partial charge in [0.05, 0.1) is 18.9 Å². The zero-order chi connectivity index (χ0) is 25.0. The van der Waals surface area contributed by atoms with Gasteiger partial charge < -0.3 is 14.8 Å². The summed E-state index contributed by atoms with van der Waals surface area (Å²) in [7, 11) is -1.62. The van der Waals surface area contributed by atoms with Crippen LogP contribution in [0.1, 0.15) is 46.3 Å². The van der Waals surface area contributed by atoms with Crippen LogP contribution in [-0.4, -0.2) is 66.2 Å². The largest absolute Gasteiger partial charge is 0.496 e. The van der Waals surface area contributed by atoms with Gasteiger partial charge in [0.15, 0.2) is 0 Å². The molecule has 1 aromatic heterocycles. The van der Waals surface area contributed by atoms with Crippen LogP contribution >= 0.6 is 0 Å². The number of fused-ring (bicyclic) bond motifs is 3. The summed E-state index contributed by atoms with van der Waals surface area (Å²) in [5, 5.41) is 10.5. The number of benzene rings is 2. The lowest BCUT2D eigenvalue weighted by molar-refractivity contribution is -0.0349. The molecule has 0 radical (unpaired) electrons. The molecule has 0 spiro atoms. The second kappa shape index (κ2) is 8.65. The lowest BCUT2D eigenvalue weighted by atomic mass is 9.73. The number of carboxylic acid groups (broad SMARTS) is 1. The maximum atomic E-state index is 12.5. The second-order valence-corrected chi connectivity index (χ2v) is 11.7. The van der Waals surface area contributed by atoms with Crippen molar-refractivity contribution < 1.29 is 23.1 Å². The zero-order valence-corrected chi connectivity index (χ0v) is 21.1. The number of carbonyl (C=O) groups is 1. The van der Waals surface area contributed by atoms with Gasteiger partial charge in [0.2, 0.25) is 10.0 Å². The number of nitrogens with one attached hydrogen (secondary N) is 1. The monoisotopic (exact) mass is 497 g/mol. The Morgan fingerprint density at radius 2 is 1.97 bits per heavy atom. The number of piperidine rings is 2. The molecule has 35 heavy (non-hydrogen) atoms. The van der Waals surface area contributed by atoms with Gasteiger partial charge in [-0.25, -0.2) is 13.2 Å². The van der Waals surface area contributed by atoms with E-state index in [-0.39, 0.29) is 11.6 Å². The van der Waals surface area contributed by atoms with Crippen molar-refractivity contribution in [2.24, 2.45) is 0 Å². The highest BCUT2D eigenvalue weighted by Crippen LogP contribution is 2.47. The Balaban J connectivity index is 1.59. The topological polar surface area (TPSA) is 103 Å². The molecule has 0 saturated carbocycles. The molecule has 5 rings (SSSR count). The molecule has 3 aromatic rings. The minimum Gasteiger partial charge on any atom is -0.496 e. The van der Waals surface area contributed by atoms with Crippen molar-refractivity contribution >= 4 is 26.9 Å².